The van der Waals surface area contributed by atoms with E-state index in [1.807, 2.05) is 24.3 Å². The zero-order valence-electron chi connectivity index (χ0n) is 14.5. The predicted octanol–water partition coefficient (Wildman–Crippen LogP) is 3.10. The van der Waals surface area contributed by atoms with E-state index < -0.39 is 0 Å². The quantitative estimate of drug-likeness (QED) is 0.590. The summed E-state index contributed by atoms with van der Waals surface area (Å²) < 4.78 is 15.8. The third-order valence-electron chi connectivity index (χ3n) is 4.28. The van der Waals surface area contributed by atoms with E-state index in [2.05, 4.69) is 15.0 Å². The summed E-state index contributed by atoms with van der Waals surface area (Å²) in [4.78, 5) is 23.2. The molecule has 2 aromatic carbocycles. The summed E-state index contributed by atoms with van der Waals surface area (Å²) in [6.07, 6.45) is 0. The topological polar surface area (TPSA) is 89.2 Å². The Morgan fingerprint density at radius 3 is 2.35 bits per heavy atom. The highest BCUT2D eigenvalue weighted by Crippen LogP contribution is 2.31. The monoisotopic (exact) mass is 351 g/mol. The molecule has 7 nitrogen and oxygen atoms in total. The molecule has 7 heteroatoms. The zero-order chi connectivity index (χ0) is 18.3. The van der Waals surface area contributed by atoms with Crippen LogP contribution in [0.15, 0.2) is 41.2 Å². The van der Waals surface area contributed by atoms with Gasteiger partial charge in [0, 0.05) is 23.0 Å². The molecular weight excluding hydrogens is 334 g/mol. The van der Waals surface area contributed by atoms with Crippen LogP contribution < -0.4 is 19.8 Å². The lowest BCUT2D eigenvalue weighted by molar-refractivity contribution is 0.355. The predicted molar refractivity (Wildman–Crippen MR) is 99.3 cm³/mol. The van der Waals surface area contributed by atoms with E-state index in [-0.39, 0.29) is 5.56 Å². The molecule has 0 saturated heterocycles. The third kappa shape index (κ3) is 2.54. The molecule has 0 bridgehead atoms. The highest BCUT2D eigenvalue weighted by atomic mass is 16.5. The van der Waals surface area contributed by atoms with Crippen LogP contribution in [0.1, 0.15) is 0 Å². The summed E-state index contributed by atoms with van der Waals surface area (Å²) in [5.74, 6) is 1.83. The van der Waals surface area contributed by atoms with Gasteiger partial charge >= 0.3 is 0 Å². The van der Waals surface area contributed by atoms with E-state index in [1.54, 1.807) is 33.5 Å². The van der Waals surface area contributed by atoms with E-state index in [0.29, 0.717) is 33.9 Å². The molecule has 0 saturated carbocycles. The fourth-order valence-corrected chi connectivity index (χ4v) is 2.96. The van der Waals surface area contributed by atoms with Crippen LogP contribution >= 0.6 is 0 Å². The number of nitrogens with zero attached hydrogens (tertiary/aromatic N) is 1. The average molecular weight is 351 g/mol. The van der Waals surface area contributed by atoms with Gasteiger partial charge in [0.1, 0.15) is 5.75 Å². The highest BCUT2D eigenvalue weighted by Gasteiger charge is 2.14. The molecule has 0 unspecified atom stereocenters. The maximum absolute atomic E-state index is 12.6. The van der Waals surface area contributed by atoms with Crippen LogP contribution in [-0.4, -0.2) is 36.3 Å². The van der Waals surface area contributed by atoms with Gasteiger partial charge < -0.3 is 24.2 Å². The van der Waals surface area contributed by atoms with Gasteiger partial charge in [-0.15, -0.1) is 0 Å². The van der Waals surface area contributed by atoms with Gasteiger partial charge in [-0.2, -0.15) is 0 Å². The number of nitrogens with one attached hydrogen (secondary N) is 2. The van der Waals surface area contributed by atoms with Crippen LogP contribution in [0.5, 0.6) is 17.2 Å². The standard InChI is InChI=1S/C19H17N3O4/c1-24-11-4-5-12-10(6-11)7-15(20-12)18-19(23)22-14-9-17(26-3)16(25-2)8-13(14)21-18/h4-9,20H,1-3H3,(H,22,23). The molecule has 2 N–H and O–H groups in total. The lowest BCUT2D eigenvalue weighted by Crippen LogP contribution is -2.11. The van der Waals surface area contributed by atoms with Gasteiger partial charge in [0.2, 0.25) is 0 Å². The van der Waals surface area contributed by atoms with Crippen molar-refractivity contribution in [2.45, 2.75) is 0 Å². The summed E-state index contributed by atoms with van der Waals surface area (Å²) in [5.41, 5.74) is 2.73. The van der Waals surface area contributed by atoms with Crippen LogP contribution in [0.2, 0.25) is 0 Å². The number of aromatic amines is 2. The summed E-state index contributed by atoms with van der Waals surface area (Å²) in [7, 11) is 4.72. The first-order chi connectivity index (χ1) is 12.6. The summed E-state index contributed by atoms with van der Waals surface area (Å²) in [6.45, 7) is 0. The first-order valence-electron chi connectivity index (χ1n) is 7.96. The maximum Gasteiger partial charge on any atom is 0.276 e. The van der Waals surface area contributed by atoms with Gasteiger partial charge in [-0.05, 0) is 24.3 Å². The minimum absolute atomic E-state index is 0.289. The lowest BCUT2D eigenvalue weighted by atomic mass is 10.2. The Hall–Kier alpha value is -3.48. The van der Waals surface area contributed by atoms with Crippen LogP contribution in [0, 0.1) is 0 Å². The molecule has 132 valence electrons. The number of hydrogen-bond donors (Lipinski definition) is 2. The fourth-order valence-electron chi connectivity index (χ4n) is 2.96. The number of fused-ring (bicyclic) bond motifs is 2. The number of aromatic nitrogens is 3. The van der Waals surface area contributed by atoms with Crippen molar-refractivity contribution in [2.24, 2.45) is 0 Å². The van der Waals surface area contributed by atoms with Crippen LogP contribution in [0.3, 0.4) is 0 Å². The fraction of sp³-hybridized carbons (Fsp3) is 0.158. The zero-order valence-corrected chi connectivity index (χ0v) is 14.5. The summed E-state index contributed by atoms with van der Waals surface area (Å²) in [5, 5.41) is 0.938. The Balaban J connectivity index is 1.90. The molecule has 0 radical (unpaired) electrons. The molecule has 0 aliphatic rings. The number of benzene rings is 2. The lowest BCUT2D eigenvalue weighted by Gasteiger charge is -2.09. The van der Waals surface area contributed by atoms with Crippen molar-refractivity contribution in [3.63, 3.8) is 0 Å². The number of ether oxygens (including phenoxy) is 3. The molecule has 0 aliphatic heterocycles. The van der Waals surface area contributed by atoms with Gasteiger partial charge in [0.25, 0.3) is 5.56 Å². The van der Waals surface area contributed by atoms with E-state index in [0.717, 1.165) is 16.7 Å². The molecule has 0 atom stereocenters. The second-order valence-corrected chi connectivity index (χ2v) is 5.78. The molecule has 26 heavy (non-hydrogen) atoms. The Morgan fingerprint density at radius 2 is 1.62 bits per heavy atom. The molecule has 4 rings (SSSR count). The van der Waals surface area contributed by atoms with Crippen LogP contribution in [0.4, 0.5) is 0 Å². The van der Waals surface area contributed by atoms with E-state index >= 15 is 0 Å². The van der Waals surface area contributed by atoms with Gasteiger partial charge in [0.15, 0.2) is 17.2 Å². The molecule has 0 spiro atoms. The van der Waals surface area contributed by atoms with Gasteiger partial charge in [-0.25, -0.2) is 4.98 Å². The SMILES string of the molecule is COc1ccc2[nH]c(-c3nc4cc(OC)c(OC)cc4[nH]c3=O)cc2c1. The largest absolute Gasteiger partial charge is 0.497 e. The molecule has 0 aliphatic carbocycles. The van der Waals surface area contributed by atoms with E-state index in [9.17, 15) is 4.79 Å². The van der Waals surface area contributed by atoms with Gasteiger partial charge in [-0.1, -0.05) is 0 Å². The second kappa shape index (κ2) is 6.11. The normalized spacial score (nSPS) is 11.0. The maximum atomic E-state index is 12.6. The minimum Gasteiger partial charge on any atom is -0.497 e. The van der Waals surface area contributed by atoms with Crippen LogP contribution in [0.25, 0.3) is 33.3 Å². The Labute approximate surface area is 148 Å². The van der Waals surface area contributed by atoms with Crippen LogP contribution in [-0.2, 0) is 0 Å². The molecular formula is C19H17N3O4. The van der Waals surface area contributed by atoms with Crippen molar-refractivity contribution in [1.29, 1.82) is 0 Å². The molecule has 2 aromatic heterocycles. The third-order valence-corrected chi connectivity index (χ3v) is 4.28. The minimum atomic E-state index is -0.289. The second-order valence-electron chi connectivity index (χ2n) is 5.78. The molecule has 2 heterocycles. The Morgan fingerprint density at radius 1 is 0.846 bits per heavy atom. The molecule has 0 fully saturated rings. The van der Waals surface area contributed by atoms with E-state index in [1.165, 1.54) is 0 Å². The van der Waals surface area contributed by atoms with Gasteiger partial charge in [0.05, 0.1) is 38.1 Å². The number of H-pyrrole nitrogens is 2. The van der Waals surface area contributed by atoms with Crippen molar-refractivity contribution in [2.75, 3.05) is 21.3 Å². The van der Waals surface area contributed by atoms with Gasteiger partial charge in [-0.3, -0.25) is 4.79 Å². The Bertz CT molecular complexity index is 1180. The van der Waals surface area contributed by atoms with Crippen molar-refractivity contribution in [3.8, 4) is 28.6 Å². The van der Waals surface area contributed by atoms with E-state index in [4.69, 9.17) is 14.2 Å². The molecule has 4 aromatic rings. The van der Waals surface area contributed by atoms with Crippen molar-refractivity contribution >= 4 is 21.9 Å². The summed E-state index contributed by atoms with van der Waals surface area (Å²) >= 11 is 0. The number of hydrogen-bond acceptors (Lipinski definition) is 5. The highest BCUT2D eigenvalue weighted by molar-refractivity contribution is 5.87. The first kappa shape index (κ1) is 16.0. The Kier molecular flexibility index (Phi) is 3.76. The first-order valence-corrected chi connectivity index (χ1v) is 7.96. The summed E-state index contributed by atoms with van der Waals surface area (Å²) in [6, 6.07) is 11.0. The smallest absolute Gasteiger partial charge is 0.276 e. The molecule has 0 amide bonds. The number of methoxy groups -OCH3 is 3. The number of rotatable bonds is 4. The van der Waals surface area contributed by atoms with Crippen molar-refractivity contribution < 1.29 is 14.2 Å². The van der Waals surface area contributed by atoms with Crippen molar-refractivity contribution in [1.82, 2.24) is 15.0 Å². The van der Waals surface area contributed by atoms with Crippen molar-refractivity contribution in [3.05, 3.63) is 46.8 Å². The average Bonchev–Trinajstić information content (AvgIpc) is 3.09.